The molecule has 9 heteroatoms. The molecule has 0 aliphatic heterocycles. The van der Waals surface area contributed by atoms with Crippen molar-refractivity contribution in [3.05, 3.63) is 24.3 Å². The van der Waals surface area contributed by atoms with E-state index in [1.807, 2.05) is 27.7 Å². The van der Waals surface area contributed by atoms with Gasteiger partial charge in [0.15, 0.2) is 9.79 Å². The van der Waals surface area contributed by atoms with Gasteiger partial charge >= 0.3 is 0 Å². The maximum atomic E-state index is 14.4. The summed E-state index contributed by atoms with van der Waals surface area (Å²) in [5.74, 6) is -0.360. The third kappa shape index (κ3) is 8.62. The van der Waals surface area contributed by atoms with Crippen LogP contribution in [-0.4, -0.2) is 45.1 Å². The Kier molecular flexibility index (Phi) is 12.7. The average molecular weight is 539 g/mol. The van der Waals surface area contributed by atoms with Crippen molar-refractivity contribution in [3.8, 4) is 34.5 Å². The van der Waals surface area contributed by atoms with Gasteiger partial charge in [0.05, 0.1) is 26.4 Å². The van der Waals surface area contributed by atoms with Crippen molar-refractivity contribution in [1.29, 1.82) is 0 Å². The first-order chi connectivity index (χ1) is 17.8. The molecule has 0 spiro atoms. The summed E-state index contributed by atoms with van der Waals surface area (Å²) in [7, 11) is -4.37. The van der Waals surface area contributed by atoms with Crippen LogP contribution in [0.15, 0.2) is 34.1 Å². The average Bonchev–Trinajstić information content (AvgIpc) is 2.84. The largest absolute Gasteiger partial charge is 0.508 e. The Morgan fingerprint density at radius 1 is 0.541 bits per heavy atom. The van der Waals surface area contributed by atoms with Gasteiger partial charge in [0.25, 0.3) is 0 Å². The summed E-state index contributed by atoms with van der Waals surface area (Å²) in [5.41, 5.74) is 0. The Morgan fingerprint density at radius 3 is 1.00 bits per heavy atom. The highest BCUT2D eigenvalue weighted by atomic mass is 32.2. The third-order valence-corrected chi connectivity index (χ3v) is 7.45. The Hall–Kier alpha value is -2.81. The molecular formula is C28H42O8S. The minimum atomic E-state index is -4.37. The number of phenols is 2. The Bertz CT molecular complexity index is 940. The van der Waals surface area contributed by atoms with E-state index >= 15 is 0 Å². The summed E-state index contributed by atoms with van der Waals surface area (Å²) in [6.45, 7) is 9.08. The predicted molar refractivity (Wildman–Crippen MR) is 143 cm³/mol. The normalized spacial score (nSPS) is 11.4. The van der Waals surface area contributed by atoms with Crippen LogP contribution in [0.5, 0.6) is 34.5 Å². The van der Waals surface area contributed by atoms with Gasteiger partial charge in [-0.25, -0.2) is 8.42 Å². The topological polar surface area (TPSA) is 112 Å². The first-order valence-electron chi connectivity index (χ1n) is 13.3. The second-order valence-corrected chi connectivity index (χ2v) is 10.7. The van der Waals surface area contributed by atoms with Gasteiger partial charge in [-0.1, -0.05) is 53.4 Å². The monoisotopic (exact) mass is 538 g/mol. The van der Waals surface area contributed by atoms with Gasteiger partial charge in [0.2, 0.25) is 9.84 Å². The zero-order valence-corrected chi connectivity index (χ0v) is 23.4. The smallest absolute Gasteiger partial charge is 0.221 e. The molecule has 2 aromatic carbocycles. The zero-order valence-electron chi connectivity index (χ0n) is 22.5. The lowest BCUT2D eigenvalue weighted by atomic mass is 10.3. The summed E-state index contributed by atoms with van der Waals surface area (Å²) in [6.07, 6.45) is 6.22. The summed E-state index contributed by atoms with van der Waals surface area (Å²) in [5, 5.41) is 20.7. The molecule has 0 unspecified atom stereocenters. The van der Waals surface area contributed by atoms with E-state index in [4.69, 9.17) is 18.9 Å². The fraction of sp³-hybridized carbons (Fsp3) is 0.571. The molecule has 0 atom stereocenters. The van der Waals surface area contributed by atoms with Crippen LogP contribution in [0.1, 0.15) is 79.1 Å². The summed E-state index contributed by atoms with van der Waals surface area (Å²) < 4.78 is 52.2. The summed E-state index contributed by atoms with van der Waals surface area (Å²) >= 11 is 0. The molecule has 0 fully saturated rings. The second kappa shape index (κ2) is 15.4. The highest BCUT2D eigenvalue weighted by molar-refractivity contribution is 7.92. The van der Waals surface area contributed by atoms with Gasteiger partial charge in [0, 0.05) is 24.3 Å². The Balaban J connectivity index is 2.76. The number of ether oxygens (including phenoxy) is 4. The van der Waals surface area contributed by atoms with Crippen molar-refractivity contribution in [1.82, 2.24) is 0 Å². The predicted octanol–water partition coefficient (Wildman–Crippen LogP) is 6.65. The lowest BCUT2D eigenvalue weighted by molar-refractivity contribution is 0.273. The van der Waals surface area contributed by atoms with Crippen molar-refractivity contribution in [2.75, 3.05) is 26.4 Å². The van der Waals surface area contributed by atoms with Crippen LogP contribution in [-0.2, 0) is 9.84 Å². The molecule has 0 saturated carbocycles. The van der Waals surface area contributed by atoms with Crippen LogP contribution in [0.4, 0.5) is 0 Å². The van der Waals surface area contributed by atoms with Crippen molar-refractivity contribution in [2.45, 2.75) is 88.9 Å². The minimum absolute atomic E-state index is 0.00737. The molecule has 0 bridgehead atoms. The lowest BCUT2D eigenvalue weighted by Gasteiger charge is -2.21. The fourth-order valence-corrected chi connectivity index (χ4v) is 5.23. The van der Waals surface area contributed by atoms with E-state index in [1.165, 1.54) is 24.3 Å². The molecule has 2 aromatic rings. The maximum Gasteiger partial charge on any atom is 0.221 e. The quantitative estimate of drug-likeness (QED) is 0.203. The van der Waals surface area contributed by atoms with Gasteiger partial charge in [-0.2, -0.15) is 0 Å². The van der Waals surface area contributed by atoms with E-state index in [0.717, 1.165) is 25.7 Å². The summed E-state index contributed by atoms with van der Waals surface area (Å²) in [4.78, 5) is -0.409. The number of hydrogen-bond acceptors (Lipinski definition) is 8. The first-order valence-corrected chi connectivity index (χ1v) is 14.8. The van der Waals surface area contributed by atoms with Crippen LogP contribution in [0.3, 0.4) is 0 Å². The number of aromatic hydroxyl groups is 2. The second-order valence-electron chi connectivity index (χ2n) is 8.85. The lowest BCUT2D eigenvalue weighted by Crippen LogP contribution is -2.13. The fourth-order valence-electron chi connectivity index (χ4n) is 3.49. The first kappa shape index (κ1) is 30.4. The van der Waals surface area contributed by atoms with E-state index in [1.54, 1.807) is 0 Å². The van der Waals surface area contributed by atoms with E-state index in [9.17, 15) is 18.6 Å². The standard InChI is InChI=1S/C28H42O8S/c1-5-9-13-33-23-17-21(29)18-24(34-14-10-6-2)27(23)37(31,32)28-25(35-15-11-7-3)19-22(30)20-26(28)36-16-12-8-4/h17-20,29-30H,5-16H2,1-4H3. The van der Waals surface area contributed by atoms with Crippen LogP contribution in [0, 0.1) is 0 Å². The Morgan fingerprint density at radius 2 is 0.784 bits per heavy atom. The number of sulfone groups is 1. The van der Waals surface area contributed by atoms with Crippen LogP contribution in [0.2, 0.25) is 0 Å². The molecule has 0 aliphatic rings. The SMILES string of the molecule is CCCCOc1cc(O)cc(OCCCC)c1S(=O)(=O)c1c(OCCCC)cc(O)cc1OCCCC. The minimum Gasteiger partial charge on any atom is -0.508 e. The molecule has 0 amide bonds. The Labute approximate surface area is 221 Å². The molecule has 0 aromatic heterocycles. The molecule has 208 valence electrons. The number of rotatable bonds is 18. The number of benzene rings is 2. The molecule has 8 nitrogen and oxygen atoms in total. The third-order valence-electron chi connectivity index (χ3n) is 5.57. The molecule has 2 rings (SSSR count). The van der Waals surface area contributed by atoms with Crippen LogP contribution >= 0.6 is 0 Å². The van der Waals surface area contributed by atoms with Gasteiger partial charge in [-0.05, 0) is 25.7 Å². The molecule has 0 radical (unpaired) electrons. The molecule has 2 N–H and O–H groups in total. The van der Waals surface area contributed by atoms with Crippen molar-refractivity contribution in [3.63, 3.8) is 0 Å². The van der Waals surface area contributed by atoms with Gasteiger partial charge < -0.3 is 29.2 Å². The number of hydrogen-bond donors (Lipinski definition) is 2. The molecule has 0 saturated heterocycles. The number of phenolic OH excluding ortho intramolecular Hbond substituents is 2. The van der Waals surface area contributed by atoms with Crippen molar-refractivity contribution < 1.29 is 37.6 Å². The maximum absolute atomic E-state index is 14.4. The van der Waals surface area contributed by atoms with E-state index < -0.39 is 9.84 Å². The molecule has 0 heterocycles. The highest BCUT2D eigenvalue weighted by Crippen LogP contribution is 2.47. The highest BCUT2D eigenvalue weighted by Gasteiger charge is 2.35. The van der Waals surface area contributed by atoms with E-state index in [-0.39, 0.29) is 70.7 Å². The van der Waals surface area contributed by atoms with Gasteiger partial charge in [-0.15, -0.1) is 0 Å². The van der Waals surface area contributed by atoms with Gasteiger partial charge in [0.1, 0.15) is 34.5 Å². The van der Waals surface area contributed by atoms with Crippen molar-refractivity contribution >= 4 is 9.84 Å². The van der Waals surface area contributed by atoms with Crippen LogP contribution in [0.25, 0.3) is 0 Å². The van der Waals surface area contributed by atoms with E-state index in [0.29, 0.717) is 25.7 Å². The molecule has 0 aliphatic carbocycles. The molecular weight excluding hydrogens is 496 g/mol. The zero-order chi connectivity index (χ0) is 27.3. The summed E-state index contributed by atoms with van der Waals surface area (Å²) in [6, 6.07) is 5.13. The van der Waals surface area contributed by atoms with Crippen molar-refractivity contribution in [2.24, 2.45) is 0 Å². The van der Waals surface area contributed by atoms with E-state index in [2.05, 4.69) is 0 Å². The molecule has 37 heavy (non-hydrogen) atoms. The number of unbranched alkanes of at least 4 members (excludes halogenated alkanes) is 4. The van der Waals surface area contributed by atoms with Crippen LogP contribution < -0.4 is 18.9 Å². The van der Waals surface area contributed by atoms with Gasteiger partial charge in [-0.3, -0.25) is 0 Å².